The number of aromatic nitrogens is 2. The van der Waals surface area contributed by atoms with E-state index in [0.29, 0.717) is 21.6 Å². The number of fused-ring (bicyclic) bond motifs is 1. The van der Waals surface area contributed by atoms with E-state index >= 15 is 0 Å². The Labute approximate surface area is 120 Å². The van der Waals surface area contributed by atoms with Crippen LogP contribution in [0.4, 0.5) is 4.39 Å². The quantitative estimate of drug-likeness (QED) is 0.631. The van der Waals surface area contributed by atoms with Crippen molar-refractivity contribution in [2.45, 2.75) is 29.9 Å². The average Bonchev–Trinajstić information content (AvgIpc) is 2.87. The third-order valence-corrected chi connectivity index (χ3v) is 4.48. The lowest BCUT2D eigenvalue weighted by atomic mass is 10.3. The first-order valence-electron chi connectivity index (χ1n) is 6.15. The average molecular weight is 295 g/mol. The van der Waals surface area contributed by atoms with E-state index in [1.807, 2.05) is 6.07 Å². The zero-order valence-electron chi connectivity index (χ0n) is 10.2. The predicted octanol–water partition coefficient (Wildman–Crippen LogP) is 4.05. The minimum atomic E-state index is -0.209. The van der Waals surface area contributed by atoms with Gasteiger partial charge in [-0.2, -0.15) is 0 Å². The molecular formula is C14H12ClFN2S. The Kier molecular flexibility index (Phi) is 3.71. The normalized spacial score (nSPS) is 13.6. The summed E-state index contributed by atoms with van der Waals surface area (Å²) in [5, 5.41) is 0.562. The molecule has 3 rings (SSSR count). The largest absolute Gasteiger partial charge is 0.237 e. The van der Waals surface area contributed by atoms with E-state index in [-0.39, 0.29) is 5.82 Å². The first-order chi connectivity index (χ1) is 9.24. The van der Waals surface area contributed by atoms with Gasteiger partial charge in [0.15, 0.2) is 0 Å². The number of aryl methyl sites for hydroxylation is 1. The lowest BCUT2D eigenvalue weighted by Gasteiger charge is -2.06. The van der Waals surface area contributed by atoms with Crippen molar-refractivity contribution in [2.75, 3.05) is 0 Å². The predicted molar refractivity (Wildman–Crippen MR) is 75.0 cm³/mol. The second kappa shape index (κ2) is 5.47. The molecule has 1 heterocycles. The van der Waals surface area contributed by atoms with Gasteiger partial charge >= 0.3 is 0 Å². The van der Waals surface area contributed by atoms with E-state index in [0.717, 1.165) is 30.5 Å². The van der Waals surface area contributed by atoms with Crippen molar-refractivity contribution in [1.29, 1.82) is 0 Å². The number of nitrogens with zero attached hydrogens (tertiary/aromatic N) is 2. The second-order valence-corrected chi connectivity index (χ2v) is 5.80. The van der Waals surface area contributed by atoms with Crippen LogP contribution in [0.15, 0.2) is 29.2 Å². The molecule has 0 saturated heterocycles. The summed E-state index contributed by atoms with van der Waals surface area (Å²) in [6.07, 6.45) is 3.03. The van der Waals surface area contributed by atoms with Gasteiger partial charge in [-0.15, -0.1) is 11.8 Å². The van der Waals surface area contributed by atoms with Gasteiger partial charge in [-0.1, -0.05) is 23.7 Å². The fourth-order valence-corrected chi connectivity index (χ4v) is 3.30. The summed E-state index contributed by atoms with van der Waals surface area (Å²) in [6, 6.07) is 6.72. The highest BCUT2D eigenvalue weighted by Crippen LogP contribution is 2.29. The minimum absolute atomic E-state index is 0.209. The molecule has 1 aliphatic rings. The van der Waals surface area contributed by atoms with Crippen molar-refractivity contribution < 1.29 is 4.39 Å². The number of thioether (sulfide) groups is 1. The van der Waals surface area contributed by atoms with Crippen LogP contribution in [-0.4, -0.2) is 9.97 Å². The lowest BCUT2D eigenvalue weighted by Crippen LogP contribution is -2.00. The molecule has 0 aliphatic heterocycles. The van der Waals surface area contributed by atoms with Gasteiger partial charge in [-0.25, -0.2) is 14.4 Å². The maximum atomic E-state index is 13.5. The van der Waals surface area contributed by atoms with Crippen molar-refractivity contribution in [3.05, 3.63) is 52.3 Å². The summed E-state index contributed by atoms with van der Waals surface area (Å²) < 4.78 is 13.5. The van der Waals surface area contributed by atoms with Gasteiger partial charge in [0.25, 0.3) is 0 Å². The molecule has 0 fully saturated rings. The van der Waals surface area contributed by atoms with E-state index < -0.39 is 0 Å². The van der Waals surface area contributed by atoms with Crippen molar-refractivity contribution in [1.82, 2.24) is 9.97 Å². The van der Waals surface area contributed by atoms with E-state index in [1.54, 1.807) is 12.1 Å². The van der Waals surface area contributed by atoms with Crippen molar-refractivity contribution >= 4 is 23.4 Å². The molecule has 5 heteroatoms. The molecule has 2 nitrogen and oxygen atoms in total. The molecule has 0 saturated carbocycles. The van der Waals surface area contributed by atoms with Gasteiger partial charge in [0, 0.05) is 16.2 Å². The molecular weight excluding hydrogens is 283 g/mol. The monoisotopic (exact) mass is 294 g/mol. The summed E-state index contributed by atoms with van der Waals surface area (Å²) in [4.78, 5) is 9.43. The van der Waals surface area contributed by atoms with Gasteiger partial charge in [0.05, 0.1) is 5.75 Å². The molecule has 0 radical (unpaired) electrons. The van der Waals surface area contributed by atoms with Crippen molar-refractivity contribution in [2.24, 2.45) is 0 Å². The molecule has 0 bridgehead atoms. The molecule has 0 spiro atoms. The highest BCUT2D eigenvalue weighted by atomic mass is 35.5. The number of rotatable bonds is 3. The van der Waals surface area contributed by atoms with Crippen LogP contribution in [0.1, 0.15) is 23.5 Å². The number of hydrogen-bond donors (Lipinski definition) is 0. The van der Waals surface area contributed by atoms with Gasteiger partial charge in [-0.05, 0) is 31.4 Å². The Bertz CT molecular complexity index is 618. The molecule has 1 aliphatic carbocycles. The third-order valence-electron chi connectivity index (χ3n) is 3.12. The van der Waals surface area contributed by atoms with Crippen LogP contribution in [0.5, 0.6) is 0 Å². The van der Waals surface area contributed by atoms with Crippen LogP contribution < -0.4 is 0 Å². The Morgan fingerprint density at radius 2 is 2.05 bits per heavy atom. The zero-order chi connectivity index (χ0) is 13.2. The Balaban J connectivity index is 1.78. The van der Waals surface area contributed by atoms with E-state index in [4.69, 9.17) is 11.6 Å². The SMILES string of the molecule is Fc1ccccc1SCc1nc(Cl)c2c(n1)CCC2. The maximum Gasteiger partial charge on any atom is 0.140 e. The molecule has 0 unspecified atom stereocenters. The first-order valence-corrected chi connectivity index (χ1v) is 7.52. The van der Waals surface area contributed by atoms with Crippen LogP contribution in [0.2, 0.25) is 5.15 Å². The van der Waals surface area contributed by atoms with E-state index in [9.17, 15) is 4.39 Å². The van der Waals surface area contributed by atoms with Gasteiger partial charge in [0.2, 0.25) is 0 Å². The topological polar surface area (TPSA) is 25.8 Å². The van der Waals surface area contributed by atoms with Crippen molar-refractivity contribution in [3.63, 3.8) is 0 Å². The highest BCUT2D eigenvalue weighted by Gasteiger charge is 2.18. The third kappa shape index (κ3) is 2.74. The second-order valence-electron chi connectivity index (χ2n) is 4.43. The van der Waals surface area contributed by atoms with Crippen LogP contribution in [0, 0.1) is 5.82 Å². The van der Waals surface area contributed by atoms with E-state index in [2.05, 4.69) is 9.97 Å². The minimum Gasteiger partial charge on any atom is -0.237 e. The first kappa shape index (κ1) is 12.9. The van der Waals surface area contributed by atoms with Gasteiger partial charge in [-0.3, -0.25) is 0 Å². The number of halogens is 2. The molecule has 0 amide bonds. The lowest BCUT2D eigenvalue weighted by molar-refractivity contribution is 0.602. The molecule has 19 heavy (non-hydrogen) atoms. The van der Waals surface area contributed by atoms with Gasteiger partial charge < -0.3 is 0 Å². The van der Waals surface area contributed by atoms with Crippen LogP contribution in [0.3, 0.4) is 0 Å². The molecule has 1 aromatic heterocycles. The fraction of sp³-hybridized carbons (Fsp3) is 0.286. The van der Waals surface area contributed by atoms with E-state index in [1.165, 1.54) is 17.8 Å². The highest BCUT2D eigenvalue weighted by molar-refractivity contribution is 7.98. The smallest absolute Gasteiger partial charge is 0.140 e. The molecule has 2 aromatic rings. The summed E-state index contributed by atoms with van der Waals surface area (Å²) in [5.74, 6) is 1.01. The number of benzene rings is 1. The fourth-order valence-electron chi connectivity index (χ4n) is 2.20. The van der Waals surface area contributed by atoms with Crippen LogP contribution >= 0.6 is 23.4 Å². The molecule has 1 aromatic carbocycles. The van der Waals surface area contributed by atoms with Crippen molar-refractivity contribution in [3.8, 4) is 0 Å². The Morgan fingerprint density at radius 3 is 2.89 bits per heavy atom. The maximum absolute atomic E-state index is 13.5. The summed E-state index contributed by atoms with van der Waals surface area (Å²) in [6.45, 7) is 0. The summed E-state index contributed by atoms with van der Waals surface area (Å²) >= 11 is 7.55. The van der Waals surface area contributed by atoms with Gasteiger partial charge in [0.1, 0.15) is 16.8 Å². The molecule has 98 valence electrons. The zero-order valence-corrected chi connectivity index (χ0v) is 11.8. The summed E-state index contributed by atoms with van der Waals surface area (Å²) in [5.41, 5.74) is 2.14. The molecule has 0 atom stereocenters. The Hall–Kier alpha value is -1.13. The standard InChI is InChI=1S/C14H12ClFN2S/c15-14-9-4-3-6-11(9)17-13(18-14)8-19-12-7-2-1-5-10(12)16/h1-2,5,7H,3-4,6,8H2. The Morgan fingerprint density at radius 1 is 1.21 bits per heavy atom. The summed E-state index contributed by atoms with van der Waals surface area (Å²) in [7, 11) is 0. The van der Waals surface area contributed by atoms with Crippen LogP contribution in [-0.2, 0) is 18.6 Å². The van der Waals surface area contributed by atoms with Crippen LogP contribution in [0.25, 0.3) is 0 Å². The molecule has 0 N–H and O–H groups in total. The number of hydrogen-bond acceptors (Lipinski definition) is 3.